The molecule has 1 aromatic rings. The number of carboxylic acids is 1. The summed E-state index contributed by atoms with van der Waals surface area (Å²) in [6.45, 7) is 5.71. The van der Waals surface area contributed by atoms with Gasteiger partial charge < -0.3 is 15.2 Å². The molecule has 150 valence electrons. The first kappa shape index (κ1) is 21.3. The summed E-state index contributed by atoms with van der Waals surface area (Å²) in [4.78, 5) is 24.3. The summed E-state index contributed by atoms with van der Waals surface area (Å²) in [5.41, 5.74) is -2.43. The molecule has 27 heavy (non-hydrogen) atoms. The highest BCUT2D eigenvalue weighted by Gasteiger charge is 2.37. The number of ether oxygens (including phenoxy) is 1. The summed E-state index contributed by atoms with van der Waals surface area (Å²) in [5, 5.41) is 11.3. The SMILES string of the molecule is CC(C)(C)OC(=O)NC1CN(Cc2c(Cl)cc(C(=O)O)cc2C(F)(F)F)C1. The second kappa shape index (κ2) is 7.55. The van der Waals surface area contributed by atoms with E-state index in [-0.39, 0.29) is 23.2 Å². The molecular formula is C17H20ClF3N2O4. The number of halogens is 4. The van der Waals surface area contributed by atoms with E-state index in [1.54, 1.807) is 25.7 Å². The average molecular weight is 409 g/mol. The molecule has 6 nitrogen and oxygen atoms in total. The molecular weight excluding hydrogens is 389 g/mol. The second-order valence-corrected chi connectivity index (χ2v) is 7.73. The number of nitrogens with zero attached hydrogens (tertiary/aromatic N) is 1. The number of alkyl carbamates (subject to hydrolysis) is 1. The number of carboxylic acid groups (broad SMARTS) is 1. The Morgan fingerprint density at radius 2 is 1.89 bits per heavy atom. The van der Waals surface area contributed by atoms with E-state index < -0.39 is 35.0 Å². The van der Waals surface area contributed by atoms with E-state index in [2.05, 4.69) is 5.32 Å². The molecule has 10 heteroatoms. The van der Waals surface area contributed by atoms with E-state index in [4.69, 9.17) is 21.4 Å². The maximum atomic E-state index is 13.3. The van der Waals surface area contributed by atoms with Gasteiger partial charge in [-0.1, -0.05) is 11.6 Å². The number of carbonyl (C=O) groups excluding carboxylic acids is 1. The predicted molar refractivity (Wildman–Crippen MR) is 91.8 cm³/mol. The molecule has 0 aliphatic carbocycles. The van der Waals surface area contributed by atoms with Crippen molar-refractivity contribution in [3.05, 3.63) is 33.8 Å². The normalized spacial score (nSPS) is 16.0. The fourth-order valence-corrected chi connectivity index (χ4v) is 2.94. The van der Waals surface area contributed by atoms with Gasteiger partial charge in [-0.05, 0) is 38.5 Å². The molecule has 2 N–H and O–H groups in total. The van der Waals surface area contributed by atoms with Gasteiger partial charge in [0.25, 0.3) is 0 Å². The lowest BCUT2D eigenvalue weighted by Crippen LogP contribution is -2.59. The number of benzene rings is 1. The van der Waals surface area contributed by atoms with Crippen LogP contribution in [0, 0.1) is 0 Å². The highest BCUT2D eigenvalue weighted by Crippen LogP contribution is 2.37. The molecule has 1 fully saturated rings. The smallest absolute Gasteiger partial charge is 0.416 e. The van der Waals surface area contributed by atoms with Gasteiger partial charge in [0.15, 0.2) is 0 Å². The minimum atomic E-state index is -4.73. The highest BCUT2D eigenvalue weighted by molar-refractivity contribution is 6.31. The molecule has 0 saturated carbocycles. The quantitative estimate of drug-likeness (QED) is 0.793. The van der Waals surface area contributed by atoms with Crippen LogP contribution < -0.4 is 5.32 Å². The van der Waals surface area contributed by atoms with Crippen molar-refractivity contribution in [2.24, 2.45) is 0 Å². The lowest BCUT2D eigenvalue weighted by molar-refractivity contribution is -0.138. The van der Waals surface area contributed by atoms with Crippen molar-refractivity contribution in [1.82, 2.24) is 10.2 Å². The lowest BCUT2D eigenvalue weighted by atomic mass is 10.0. The molecule has 0 unspecified atom stereocenters. The third kappa shape index (κ3) is 5.74. The maximum Gasteiger partial charge on any atom is 0.416 e. The molecule has 1 aliphatic rings. The van der Waals surface area contributed by atoms with Crippen LogP contribution in [0.15, 0.2) is 12.1 Å². The fraction of sp³-hybridized carbons (Fsp3) is 0.529. The van der Waals surface area contributed by atoms with Crippen LogP contribution in [0.2, 0.25) is 5.02 Å². The van der Waals surface area contributed by atoms with E-state index >= 15 is 0 Å². The van der Waals surface area contributed by atoms with E-state index in [1.807, 2.05) is 0 Å². The van der Waals surface area contributed by atoms with Crippen molar-refractivity contribution in [1.29, 1.82) is 0 Å². The molecule has 1 aliphatic heterocycles. The van der Waals surface area contributed by atoms with Crippen LogP contribution in [0.3, 0.4) is 0 Å². The van der Waals surface area contributed by atoms with E-state index in [0.29, 0.717) is 19.2 Å². The Morgan fingerprint density at radius 1 is 1.30 bits per heavy atom. The Morgan fingerprint density at radius 3 is 2.37 bits per heavy atom. The molecule has 1 saturated heterocycles. The average Bonchev–Trinajstić information content (AvgIpc) is 2.42. The van der Waals surface area contributed by atoms with Crippen molar-refractivity contribution < 1.29 is 32.6 Å². The van der Waals surface area contributed by atoms with Gasteiger partial charge in [-0.25, -0.2) is 9.59 Å². The van der Waals surface area contributed by atoms with Gasteiger partial charge >= 0.3 is 18.2 Å². The van der Waals surface area contributed by atoms with Gasteiger partial charge in [0.2, 0.25) is 0 Å². The van der Waals surface area contributed by atoms with Gasteiger partial charge in [-0.15, -0.1) is 0 Å². The number of amides is 1. The Kier molecular flexibility index (Phi) is 5.96. The summed E-state index contributed by atoms with van der Waals surface area (Å²) in [6.07, 6.45) is -5.32. The highest BCUT2D eigenvalue weighted by atomic mass is 35.5. The molecule has 1 aromatic carbocycles. The van der Waals surface area contributed by atoms with E-state index in [9.17, 15) is 22.8 Å². The molecule has 0 radical (unpaired) electrons. The number of rotatable bonds is 4. The van der Waals surface area contributed by atoms with Crippen LogP contribution in [0.1, 0.15) is 42.3 Å². The van der Waals surface area contributed by atoms with E-state index in [0.717, 1.165) is 6.07 Å². The molecule has 0 atom stereocenters. The first-order chi connectivity index (χ1) is 12.3. The van der Waals surface area contributed by atoms with Crippen LogP contribution >= 0.6 is 11.6 Å². The van der Waals surface area contributed by atoms with E-state index in [1.165, 1.54) is 0 Å². The number of alkyl halides is 3. The topological polar surface area (TPSA) is 78.9 Å². The first-order valence-corrected chi connectivity index (χ1v) is 8.49. The lowest BCUT2D eigenvalue weighted by Gasteiger charge is -2.40. The third-order valence-electron chi connectivity index (χ3n) is 3.81. The second-order valence-electron chi connectivity index (χ2n) is 7.32. The van der Waals surface area contributed by atoms with Crippen LogP contribution in [-0.2, 0) is 17.5 Å². The predicted octanol–water partition coefficient (Wildman–Crippen LogP) is 3.77. The zero-order valence-electron chi connectivity index (χ0n) is 15.0. The molecule has 2 rings (SSSR count). The van der Waals surface area contributed by atoms with Gasteiger partial charge in [0.1, 0.15) is 5.60 Å². The zero-order chi connectivity index (χ0) is 20.6. The monoisotopic (exact) mass is 408 g/mol. The summed E-state index contributed by atoms with van der Waals surface area (Å²) in [7, 11) is 0. The van der Waals surface area contributed by atoms with Gasteiger partial charge in [-0.3, -0.25) is 4.90 Å². The Hall–Kier alpha value is -2.00. The van der Waals surface area contributed by atoms with Crippen molar-refractivity contribution in [2.45, 2.75) is 45.1 Å². The first-order valence-electron chi connectivity index (χ1n) is 8.11. The number of likely N-dealkylation sites (tertiary alicyclic amines) is 1. The zero-order valence-corrected chi connectivity index (χ0v) is 15.7. The van der Waals surface area contributed by atoms with Crippen molar-refractivity contribution in [3.8, 4) is 0 Å². The molecule has 0 aromatic heterocycles. The van der Waals surface area contributed by atoms with Crippen molar-refractivity contribution >= 4 is 23.7 Å². The standard InChI is InChI=1S/C17H20ClF3N2O4/c1-16(2,3)27-15(26)22-10-6-23(7-10)8-11-12(17(19,20)21)4-9(14(24)25)5-13(11)18/h4-5,10H,6-8H2,1-3H3,(H,22,26)(H,24,25). The largest absolute Gasteiger partial charge is 0.478 e. The number of carbonyl (C=O) groups is 2. The summed E-state index contributed by atoms with van der Waals surface area (Å²) in [5.74, 6) is -1.49. The summed E-state index contributed by atoms with van der Waals surface area (Å²) >= 11 is 5.92. The van der Waals surface area contributed by atoms with Gasteiger partial charge in [-0.2, -0.15) is 13.2 Å². The van der Waals surface area contributed by atoms with Gasteiger partial charge in [0.05, 0.1) is 17.2 Å². The van der Waals surface area contributed by atoms with Crippen LogP contribution in [0.5, 0.6) is 0 Å². The van der Waals surface area contributed by atoms with Crippen LogP contribution in [0.25, 0.3) is 0 Å². The minimum Gasteiger partial charge on any atom is -0.478 e. The molecule has 0 spiro atoms. The van der Waals surface area contributed by atoms with Crippen LogP contribution in [-0.4, -0.2) is 46.8 Å². The Bertz CT molecular complexity index is 741. The fourth-order valence-electron chi connectivity index (χ4n) is 2.66. The Balaban J connectivity index is 2.05. The van der Waals surface area contributed by atoms with Crippen molar-refractivity contribution in [3.63, 3.8) is 0 Å². The number of hydrogen-bond acceptors (Lipinski definition) is 4. The summed E-state index contributed by atoms with van der Waals surface area (Å²) in [6, 6.07) is 1.34. The van der Waals surface area contributed by atoms with Crippen LogP contribution in [0.4, 0.5) is 18.0 Å². The molecule has 1 heterocycles. The van der Waals surface area contributed by atoms with Gasteiger partial charge in [0, 0.05) is 24.7 Å². The summed E-state index contributed by atoms with van der Waals surface area (Å²) < 4.78 is 45.0. The maximum absolute atomic E-state index is 13.3. The van der Waals surface area contributed by atoms with Crippen molar-refractivity contribution in [2.75, 3.05) is 13.1 Å². The minimum absolute atomic E-state index is 0.111. The number of hydrogen-bond donors (Lipinski definition) is 2. The Labute approximate surface area is 159 Å². The third-order valence-corrected chi connectivity index (χ3v) is 4.14. The molecule has 0 bridgehead atoms. The number of nitrogens with one attached hydrogen (secondary N) is 1. The number of aromatic carboxylic acids is 1. The molecule has 1 amide bonds.